The number of hydrogen-bond donors (Lipinski definition) is 1. The topological polar surface area (TPSA) is 84.9 Å². The van der Waals surface area contributed by atoms with Gasteiger partial charge in [-0.1, -0.05) is 20.8 Å². The third-order valence-corrected chi connectivity index (χ3v) is 6.76. The normalized spacial score (nSPS) is 15.0. The van der Waals surface area contributed by atoms with E-state index in [9.17, 15) is 17.6 Å². The van der Waals surface area contributed by atoms with Gasteiger partial charge in [0, 0.05) is 5.69 Å². The van der Waals surface area contributed by atoms with E-state index >= 15 is 0 Å². The number of sulfonamides is 1. The number of ether oxygens (including phenoxy) is 2. The van der Waals surface area contributed by atoms with E-state index in [1.54, 1.807) is 19.1 Å². The molecule has 0 unspecified atom stereocenters. The number of benzene rings is 2. The van der Waals surface area contributed by atoms with Crippen LogP contribution < -0.4 is 14.4 Å². The second-order valence-electron chi connectivity index (χ2n) is 8.10. The van der Waals surface area contributed by atoms with Crippen LogP contribution in [0.15, 0.2) is 47.4 Å². The van der Waals surface area contributed by atoms with E-state index in [4.69, 9.17) is 9.47 Å². The van der Waals surface area contributed by atoms with Crippen LogP contribution >= 0.6 is 0 Å². The van der Waals surface area contributed by atoms with Gasteiger partial charge in [-0.2, -0.15) is 0 Å². The maximum absolute atomic E-state index is 13.2. The third kappa shape index (κ3) is 4.67. The molecule has 1 amide bonds. The molecule has 30 heavy (non-hydrogen) atoms. The van der Waals surface area contributed by atoms with Crippen molar-refractivity contribution in [3.63, 3.8) is 0 Å². The fourth-order valence-electron chi connectivity index (χ4n) is 2.74. The third-order valence-electron chi connectivity index (χ3n) is 4.93. The van der Waals surface area contributed by atoms with Gasteiger partial charge < -0.3 is 9.47 Å². The lowest BCUT2D eigenvalue weighted by atomic mass is 9.90. The molecule has 2 aromatic carbocycles. The highest BCUT2D eigenvalue weighted by Gasteiger charge is 2.31. The second-order valence-corrected chi connectivity index (χ2v) is 9.96. The Morgan fingerprint density at radius 1 is 1.20 bits per heavy atom. The minimum Gasteiger partial charge on any atom is -0.489 e. The minimum absolute atomic E-state index is 0.0338. The van der Waals surface area contributed by atoms with Crippen LogP contribution in [0.2, 0.25) is 0 Å². The van der Waals surface area contributed by atoms with Crippen LogP contribution in [0.5, 0.6) is 5.75 Å². The quantitative estimate of drug-likeness (QED) is 0.768. The molecule has 2 aromatic rings. The number of nitrogens with zero attached hydrogens (tertiary/aromatic N) is 1. The van der Waals surface area contributed by atoms with Crippen LogP contribution in [-0.2, 0) is 14.8 Å². The Kier molecular flexibility index (Phi) is 5.94. The Balaban J connectivity index is 1.86. The van der Waals surface area contributed by atoms with Gasteiger partial charge in [0.1, 0.15) is 24.3 Å². The Morgan fingerprint density at radius 2 is 1.87 bits per heavy atom. The fraction of sp³-hybridized carbons (Fsp3) is 0.381. The highest BCUT2D eigenvalue weighted by Crippen LogP contribution is 2.37. The molecule has 1 heterocycles. The molecule has 0 aromatic heterocycles. The van der Waals surface area contributed by atoms with Crippen LogP contribution in [0, 0.1) is 11.2 Å². The molecular formula is C21H25FN2O5S. The summed E-state index contributed by atoms with van der Waals surface area (Å²) < 4.78 is 51.5. The molecule has 162 valence electrons. The van der Waals surface area contributed by atoms with Crippen molar-refractivity contribution in [1.82, 2.24) is 0 Å². The SMILES string of the molecule is C[C@@H](OC(=O)Nc1ccc2c(c1)N(S(=O)(=O)c1ccc(F)cc1)CCO2)C(C)(C)C. The summed E-state index contributed by atoms with van der Waals surface area (Å²) >= 11 is 0. The summed E-state index contributed by atoms with van der Waals surface area (Å²) in [5.74, 6) is -0.153. The van der Waals surface area contributed by atoms with Crippen molar-refractivity contribution in [2.75, 3.05) is 22.8 Å². The van der Waals surface area contributed by atoms with Crippen LogP contribution in [-0.4, -0.2) is 33.8 Å². The molecule has 3 rings (SSSR count). The number of rotatable bonds is 4. The highest BCUT2D eigenvalue weighted by atomic mass is 32.2. The van der Waals surface area contributed by atoms with Gasteiger partial charge >= 0.3 is 6.09 Å². The molecule has 9 heteroatoms. The van der Waals surface area contributed by atoms with Crippen LogP contribution in [0.1, 0.15) is 27.7 Å². The smallest absolute Gasteiger partial charge is 0.411 e. The zero-order valence-corrected chi connectivity index (χ0v) is 18.1. The summed E-state index contributed by atoms with van der Waals surface area (Å²) in [5, 5.41) is 2.63. The van der Waals surface area contributed by atoms with Crippen LogP contribution in [0.25, 0.3) is 0 Å². The predicted molar refractivity (Wildman–Crippen MR) is 112 cm³/mol. The van der Waals surface area contributed by atoms with Crippen molar-refractivity contribution < 1.29 is 27.1 Å². The zero-order valence-electron chi connectivity index (χ0n) is 17.3. The average Bonchev–Trinajstić information content (AvgIpc) is 2.67. The van der Waals surface area contributed by atoms with E-state index < -0.39 is 21.9 Å². The number of fused-ring (bicyclic) bond motifs is 1. The first-order valence-corrected chi connectivity index (χ1v) is 11.0. The first kappa shape index (κ1) is 21.9. The van der Waals surface area contributed by atoms with Crippen molar-refractivity contribution in [2.24, 2.45) is 5.41 Å². The molecule has 0 radical (unpaired) electrons. The molecule has 1 aliphatic heterocycles. The van der Waals surface area contributed by atoms with E-state index in [2.05, 4.69) is 5.32 Å². The Labute approximate surface area is 175 Å². The summed E-state index contributed by atoms with van der Waals surface area (Å²) in [7, 11) is -3.93. The van der Waals surface area contributed by atoms with Gasteiger partial charge in [-0.05, 0) is 54.8 Å². The van der Waals surface area contributed by atoms with Gasteiger partial charge in [0.15, 0.2) is 0 Å². The summed E-state index contributed by atoms with van der Waals surface area (Å²) in [6.07, 6.45) is -0.962. The summed E-state index contributed by atoms with van der Waals surface area (Å²) in [5.41, 5.74) is 0.429. The lowest BCUT2D eigenvalue weighted by Gasteiger charge is -2.31. The molecule has 1 atom stereocenters. The molecule has 0 saturated heterocycles. The fourth-order valence-corrected chi connectivity index (χ4v) is 4.19. The Bertz CT molecular complexity index is 1030. The number of anilines is 2. The molecule has 0 bridgehead atoms. The van der Waals surface area contributed by atoms with Crippen molar-refractivity contribution in [3.8, 4) is 5.75 Å². The van der Waals surface area contributed by atoms with Gasteiger partial charge in [-0.25, -0.2) is 17.6 Å². The average molecular weight is 437 g/mol. The molecule has 1 aliphatic rings. The van der Waals surface area contributed by atoms with Gasteiger partial charge in [0.2, 0.25) is 0 Å². The predicted octanol–water partition coefficient (Wildman–Crippen LogP) is 4.40. The Morgan fingerprint density at radius 3 is 2.50 bits per heavy atom. The van der Waals surface area contributed by atoms with E-state index in [-0.39, 0.29) is 35.3 Å². The van der Waals surface area contributed by atoms with Crippen molar-refractivity contribution in [3.05, 3.63) is 48.3 Å². The number of halogens is 1. The molecule has 0 fully saturated rings. The zero-order chi connectivity index (χ0) is 22.1. The van der Waals surface area contributed by atoms with Crippen LogP contribution in [0.4, 0.5) is 20.6 Å². The highest BCUT2D eigenvalue weighted by molar-refractivity contribution is 7.92. The standard InChI is InChI=1S/C21H25FN2O5S/c1-14(21(2,3)4)29-20(25)23-16-7-10-19-18(13-16)24(11-12-28-19)30(26,27)17-8-5-15(22)6-9-17/h5-10,13-14H,11-12H2,1-4H3,(H,23,25)/t14-/m1/s1. The maximum atomic E-state index is 13.2. The molecule has 0 saturated carbocycles. The first-order valence-electron chi connectivity index (χ1n) is 9.51. The number of hydrogen-bond acceptors (Lipinski definition) is 5. The van der Waals surface area contributed by atoms with Gasteiger partial charge in [0.25, 0.3) is 10.0 Å². The molecule has 0 spiro atoms. The molecular weight excluding hydrogens is 411 g/mol. The lowest BCUT2D eigenvalue weighted by molar-refractivity contribution is 0.0527. The van der Waals surface area contributed by atoms with Crippen molar-refractivity contribution in [2.45, 2.75) is 38.7 Å². The van der Waals surface area contributed by atoms with E-state index in [1.165, 1.54) is 22.5 Å². The largest absolute Gasteiger partial charge is 0.489 e. The van der Waals surface area contributed by atoms with Crippen molar-refractivity contribution >= 4 is 27.5 Å². The van der Waals surface area contributed by atoms with E-state index in [1.807, 2.05) is 20.8 Å². The number of amides is 1. The molecule has 0 aliphatic carbocycles. The Hall–Kier alpha value is -2.81. The number of carbonyl (C=O) groups is 1. The van der Waals surface area contributed by atoms with Crippen LogP contribution in [0.3, 0.4) is 0 Å². The van der Waals surface area contributed by atoms with Gasteiger partial charge in [0.05, 0.1) is 17.1 Å². The first-order chi connectivity index (χ1) is 14.0. The number of carbonyl (C=O) groups excluding carboxylic acids is 1. The maximum Gasteiger partial charge on any atom is 0.411 e. The minimum atomic E-state index is -3.93. The molecule has 1 N–H and O–H groups in total. The lowest BCUT2D eigenvalue weighted by Crippen LogP contribution is -2.38. The summed E-state index contributed by atoms with van der Waals surface area (Å²) in [4.78, 5) is 12.2. The summed E-state index contributed by atoms with van der Waals surface area (Å²) in [6.45, 7) is 7.93. The van der Waals surface area contributed by atoms with E-state index in [0.717, 1.165) is 12.1 Å². The van der Waals surface area contributed by atoms with Crippen molar-refractivity contribution in [1.29, 1.82) is 0 Å². The summed E-state index contributed by atoms with van der Waals surface area (Å²) in [6, 6.07) is 9.33. The van der Waals surface area contributed by atoms with Gasteiger partial charge in [-0.3, -0.25) is 9.62 Å². The number of nitrogens with one attached hydrogen (secondary N) is 1. The molecule has 7 nitrogen and oxygen atoms in total. The van der Waals surface area contributed by atoms with E-state index in [0.29, 0.717) is 11.4 Å². The second kappa shape index (κ2) is 8.14. The van der Waals surface area contributed by atoms with Gasteiger partial charge in [-0.15, -0.1) is 0 Å². The monoisotopic (exact) mass is 436 g/mol.